The van der Waals surface area contributed by atoms with Gasteiger partial charge in [-0.2, -0.15) is 0 Å². The number of carbonyl (C=O) groups is 1. The third-order valence-corrected chi connectivity index (χ3v) is 4.20. The van der Waals surface area contributed by atoms with Crippen LogP contribution in [0.4, 0.5) is 5.69 Å². The molecule has 1 N–H and O–H groups in total. The molecule has 3 heteroatoms. The van der Waals surface area contributed by atoms with Crippen LogP contribution in [-0.2, 0) is 6.42 Å². The molecule has 0 fully saturated rings. The van der Waals surface area contributed by atoms with Crippen molar-refractivity contribution in [1.82, 2.24) is 0 Å². The van der Waals surface area contributed by atoms with Gasteiger partial charge >= 0.3 is 0 Å². The highest BCUT2D eigenvalue weighted by Gasteiger charge is 2.21. The average Bonchev–Trinajstić information content (AvgIpc) is 2.91. The summed E-state index contributed by atoms with van der Waals surface area (Å²) in [6.45, 7) is 0. The lowest BCUT2D eigenvalue weighted by atomic mass is 9.95. The number of para-hydroxylation sites is 1. The molecule has 0 saturated carbocycles. The lowest BCUT2D eigenvalue weighted by molar-refractivity contribution is 0.112. The van der Waals surface area contributed by atoms with E-state index in [2.05, 4.69) is 28.9 Å². The zero-order chi connectivity index (χ0) is 11.7. The van der Waals surface area contributed by atoms with Gasteiger partial charge in [0.15, 0.2) is 6.29 Å². The molecular formula is C14H13NOS. The van der Waals surface area contributed by atoms with Crippen LogP contribution < -0.4 is 5.32 Å². The topological polar surface area (TPSA) is 29.1 Å². The summed E-state index contributed by atoms with van der Waals surface area (Å²) < 4.78 is 0. The fourth-order valence-corrected chi connectivity index (χ4v) is 3.16. The van der Waals surface area contributed by atoms with Crippen LogP contribution in [0.1, 0.15) is 33.3 Å². The fraction of sp³-hybridized carbons (Fsp3) is 0.214. The summed E-state index contributed by atoms with van der Waals surface area (Å²) in [4.78, 5) is 12.4. The van der Waals surface area contributed by atoms with E-state index in [0.717, 1.165) is 30.4 Å². The Balaban J connectivity index is 1.96. The molecule has 0 saturated heterocycles. The number of aldehydes is 1. The number of benzene rings is 1. The SMILES string of the molecule is O=Cc1cccc2c1NC(c1cccs1)CC2. The summed E-state index contributed by atoms with van der Waals surface area (Å²) >= 11 is 1.77. The van der Waals surface area contributed by atoms with Gasteiger partial charge in [0.05, 0.1) is 6.04 Å². The summed E-state index contributed by atoms with van der Waals surface area (Å²) in [5.74, 6) is 0. The molecule has 86 valence electrons. The standard InChI is InChI=1S/C14H13NOS/c16-9-11-4-1-3-10-6-7-12(15-14(10)11)13-5-2-8-17-13/h1-5,8-9,12,15H,6-7H2. The molecular weight excluding hydrogens is 230 g/mol. The lowest BCUT2D eigenvalue weighted by Crippen LogP contribution is -2.18. The van der Waals surface area contributed by atoms with E-state index in [1.807, 2.05) is 12.1 Å². The Hall–Kier alpha value is -1.61. The molecule has 1 unspecified atom stereocenters. The quantitative estimate of drug-likeness (QED) is 0.815. The number of carbonyl (C=O) groups excluding carboxylic acids is 1. The summed E-state index contributed by atoms with van der Waals surface area (Å²) in [7, 11) is 0. The lowest BCUT2D eigenvalue weighted by Gasteiger charge is -2.27. The van der Waals surface area contributed by atoms with E-state index in [9.17, 15) is 4.79 Å². The Bertz CT molecular complexity index is 533. The molecule has 1 aromatic carbocycles. The number of thiophene rings is 1. The van der Waals surface area contributed by atoms with Crippen molar-refractivity contribution in [3.8, 4) is 0 Å². The van der Waals surface area contributed by atoms with E-state index in [-0.39, 0.29) is 0 Å². The first kappa shape index (κ1) is 10.5. The molecule has 1 aromatic heterocycles. The van der Waals surface area contributed by atoms with Crippen LogP contribution in [0.5, 0.6) is 0 Å². The fourth-order valence-electron chi connectivity index (χ4n) is 2.35. The van der Waals surface area contributed by atoms with Crippen LogP contribution in [0.2, 0.25) is 0 Å². The Kier molecular flexibility index (Phi) is 2.69. The molecule has 17 heavy (non-hydrogen) atoms. The molecule has 3 rings (SSSR count). The molecule has 1 aliphatic heterocycles. The average molecular weight is 243 g/mol. The van der Waals surface area contributed by atoms with E-state index in [1.165, 1.54) is 10.4 Å². The minimum atomic E-state index is 0.351. The maximum Gasteiger partial charge on any atom is 0.152 e. The number of anilines is 1. The number of fused-ring (bicyclic) bond motifs is 1. The minimum Gasteiger partial charge on any atom is -0.377 e. The van der Waals surface area contributed by atoms with Crippen molar-refractivity contribution in [2.45, 2.75) is 18.9 Å². The summed E-state index contributed by atoms with van der Waals surface area (Å²) in [6, 6.07) is 10.5. The van der Waals surface area contributed by atoms with Gasteiger partial charge < -0.3 is 5.32 Å². The molecule has 0 bridgehead atoms. The second-order valence-corrected chi connectivity index (χ2v) is 5.23. The van der Waals surface area contributed by atoms with Crippen LogP contribution in [-0.4, -0.2) is 6.29 Å². The second-order valence-electron chi connectivity index (χ2n) is 4.25. The van der Waals surface area contributed by atoms with Gasteiger partial charge in [0.25, 0.3) is 0 Å². The first-order valence-electron chi connectivity index (χ1n) is 5.75. The van der Waals surface area contributed by atoms with E-state index in [0.29, 0.717) is 6.04 Å². The summed E-state index contributed by atoms with van der Waals surface area (Å²) in [6.07, 6.45) is 3.06. The van der Waals surface area contributed by atoms with Crippen molar-refractivity contribution in [3.05, 3.63) is 51.7 Å². The van der Waals surface area contributed by atoms with Crippen molar-refractivity contribution >= 4 is 23.3 Å². The molecule has 1 atom stereocenters. The first-order valence-corrected chi connectivity index (χ1v) is 6.63. The minimum absolute atomic E-state index is 0.351. The molecule has 2 nitrogen and oxygen atoms in total. The van der Waals surface area contributed by atoms with Gasteiger partial charge in [-0.05, 0) is 35.9 Å². The van der Waals surface area contributed by atoms with E-state index in [4.69, 9.17) is 0 Å². The highest BCUT2D eigenvalue weighted by Crippen LogP contribution is 2.35. The number of rotatable bonds is 2. The predicted molar refractivity (Wildman–Crippen MR) is 70.8 cm³/mol. The van der Waals surface area contributed by atoms with Crippen LogP contribution in [0, 0.1) is 0 Å². The van der Waals surface area contributed by atoms with Crippen LogP contribution in [0.3, 0.4) is 0 Å². The zero-order valence-electron chi connectivity index (χ0n) is 9.35. The smallest absolute Gasteiger partial charge is 0.152 e. The van der Waals surface area contributed by atoms with E-state index < -0.39 is 0 Å². The van der Waals surface area contributed by atoms with Gasteiger partial charge in [-0.1, -0.05) is 18.2 Å². The van der Waals surface area contributed by atoms with Gasteiger partial charge in [-0.3, -0.25) is 4.79 Å². The Morgan fingerprint density at radius 1 is 1.29 bits per heavy atom. The molecule has 1 aliphatic rings. The third-order valence-electron chi connectivity index (χ3n) is 3.22. The van der Waals surface area contributed by atoms with Crippen LogP contribution in [0.25, 0.3) is 0 Å². The predicted octanol–water partition coefficient (Wildman–Crippen LogP) is 3.66. The third kappa shape index (κ3) is 1.87. The van der Waals surface area contributed by atoms with Crippen LogP contribution >= 0.6 is 11.3 Å². The Morgan fingerprint density at radius 2 is 2.24 bits per heavy atom. The van der Waals surface area contributed by atoms with Crippen molar-refractivity contribution in [3.63, 3.8) is 0 Å². The van der Waals surface area contributed by atoms with Gasteiger partial charge in [0.1, 0.15) is 0 Å². The number of nitrogens with one attached hydrogen (secondary N) is 1. The molecule has 0 aliphatic carbocycles. The van der Waals surface area contributed by atoms with E-state index >= 15 is 0 Å². The zero-order valence-corrected chi connectivity index (χ0v) is 10.2. The second kappa shape index (κ2) is 4.34. The Morgan fingerprint density at radius 3 is 3.00 bits per heavy atom. The summed E-state index contributed by atoms with van der Waals surface area (Å²) in [5.41, 5.74) is 3.04. The molecule has 2 aromatic rings. The molecule has 0 radical (unpaired) electrons. The Labute approximate surface area is 104 Å². The molecule has 0 amide bonds. The van der Waals surface area contributed by atoms with Gasteiger partial charge in [-0.15, -0.1) is 11.3 Å². The van der Waals surface area contributed by atoms with Crippen molar-refractivity contribution in [2.75, 3.05) is 5.32 Å². The van der Waals surface area contributed by atoms with Crippen molar-refractivity contribution in [2.24, 2.45) is 0 Å². The van der Waals surface area contributed by atoms with Crippen molar-refractivity contribution < 1.29 is 4.79 Å². The maximum absolute atomic E-state index is 11.0. The largest absolute Gasteiger partial charge is 0.377 e. The number of hydrogen-bond acceptors (Lipinski definition) is 3. The normalized spacial score (nSPS) is 18.2. The molecule has 0 spiro atoms. The number of aryl methyl sites for hydroxylation is 1. The van der Waals surface area contributed by atoms with Gasteiger partial charge in [-0.25, -0.2) is 0 Å². The highest BCUT2D eigenvalue weighted by atomic mass is 32.1. The van der Waals surface area contributed by atoms with Gasteiger partial charge in [0, 0.05) is 16.1 Å². The summed E-state index contributed by atoms with van der Waals surface area (Å²) in [5, 5.41) is 5.59. The highest BCUT2D eigenvalue weighted by molar-refractivity contribution is 7.10. The monoisotopic (exact) mass is 243 g/mol. The van der Waals surface area contributed by atoms with Crippen LogP contribution in [0.15, 0.2) is 35.7 Å². The maximum atomic E-state index is 11.0. The molecule has 2 heterocycles. The van der Waals surface area contributed by atoms with Gasteiger partial charge in [0.2, 0.25) is 0 Å². The number of hydrogen-bond donors (Lipinski definition) is 1. The van der Waals surface area contributed by atoms with E-state index in [1.54, 1.807) is 11.3 Å². The first-order chi connectivity index (χ1) is 8.38. The van der Waals surface area contributed by atoms with Crippen molar-refractivity contribution in [1.29, 1.82) is 0 Å².